The van der Waals surface area contributed by atoms with Gasteiger partial charge in [0.1, 0.15) is 0 Å². The van der Waals surface area contributed by atoms with Crippen LogP contribution in [-0.4, -0.2) is 25.0 Å². The summed E-state index contributed by atoms with van der Waals surface area (Å²) in [6.45, 7) is 16.1. The molecular formula is C69H66N2S3. The fourth-order valence-corrected chi connectivity index (χ4v) is 15.0. The number of aryl methyl sites for hydroxylation is 1. The lowest BCUT2D eigenvalue weighted by atomic mass is 9.70. The molecule has 0 saturated heterocycles. The Morgan fingerprint density at radius 3 is 1.58 bits per heavy atom. The van der Waals surface area contributed by atoms with E-state index in [1.165, 1.54) is 103 Å². The summed E-state index contributed by atoms with van der Waals surface area (Å²) in [6, 6.07) is 72.9. The van der Waals surface area contributed by atoms with Gasteiger partial charge in [-0.3, -0.25) is 0 Å². The molecule has 0 saturated carbocycles. The van der Waals surface area contributed by atoms with Crippen LogP contribution in [0.3, 0.4) is 0 Å². The van der Waals surface area contributed by atoms with Crippen molar-refractivity contribution in [2.45, 2.75) is 80.9 Å². The zero-order valence-electron chi connectivity index (χ0n) is 44.7. The second kappa shape index (κ2) is 17.8. The molecule has 9 aromatic carbocycles. The standard InChI is InChI=1S/C69H66N2S3/c1-12-44-41-50(36-40-62(44)72-8)71(49-31-27-46(28-32-49)68(5,6)7)61-43-60-64(66-65(61)56-21-15-18-24-63(56)73-66)55-39-35-51(42-59(55)69(60)57-22-16-13-19-53(57)54-20-14-17-23-58(54)69)70(47-29-25-45(26-30-47)67(2,3)4)48-33-37-52(38-34-48)74(9,10)11/h13-43H,12H2,1-11H3. The Morgan fingerprint density at radius 2 is 1.01 bits per heavy atom. The molecule has 0 N–H and O–H groups in total. The van der Waals surface area contributed by atoms with Crippen molar-refractivity contribution in [3.8, 4) is 22.3 Å². The number of nitrogens with zero attached hydrogens (tertiary/aromatic N) is 2. The smallest absolute Gasteiger partial charge is 0.0727 e. The third-order valence-corrected chi connectivity index (χ3v) is 19.6. The Balaban J connectivity index is 1.19. The highest BCUT2D eigenvalue weighted by Crippen LogP contribution is 2.66. The molecule has 0 radical (unpaired) electrons. The van der Waals surface area contributed by atoms with E-state index in [-0.39, 0.29) is 10.8 Å². The summed E-state index contributed by atoms with van der Waals surface area (Å²) in [5.41, 5.74) is 21.0. The molecule has 1 spiro atoms. The van der Waals surface area contributed by atoms with Gasteiger partial charge in [-0.05, 0) is 194 Å². The lowest BCUT2D eigenvalue weighted by molar-refractivity contribution is 0.590. The SMILES string of the molecule is CCc1cc(N(c2ccc(C(C)(C)C)cc2)c2cc3c(c4sc5ccccc5c24)-c2ccc(N(c4ccc(C(C)(C)C)cc4)c4ccc(S(C)(C)C)cc4)cc2C32c3ccccc3-c3ccccc32)ccc1SC. The predicted molar refractivity (Wildman–Crippen MR) is 327 cm³/mol. The van der Waals surface area contributed by atoms with Crippen molar-refractivity contribution < 1.29 is 0 Å². The monoisotopic (exact) mass is 1020 g/mol. The number of thiophene rings is 1. The quantitative estimate of drug-likeness (QED) is 0.133. The van der Waals surface area contributed by atoms with E-state index in [0.29, 0.717) is 0 Å². The summed E-state index contributed by atoms with van der Waals surface area (Å²) < 4.78 is 2.62. The van der Waals surface area contributed by atoms with Gasteiger partial charge in [-0.1, -0.05) is 146 Å². The average molecular weight is 1020 g/mol. The average Bonchev–Trinajstić information content (AvgIpc) is 4.19. The Labute approximate surface area is 449 Å². The normalized spacial score (nSPS) is 13.8. The number of benzene rings is 9. The van der Waals surface area contributed by atoms with E-state index in [0.717, 1.165) is 29.2 Å². The predicted octanol–water partition coefficient (Wildman–Crippen LogP) is 20.3. The van der Waals surface area contributed by atoms with Crippen LogP contribution in [0, 0.1) is 0 Å². The molecule has 2 aliphatic rings. The number of thioether (sulfide) groups is 1. The van der Waals surface area contributed by atoms with Gasteiger partial charge in [-0.25, -0.2) is 10.0 Å². The van der Waals surface area contributed by atoms with Gasteiger partial charge in [0.15, 0.2) is 0 Å². The van der Waals surface area contributed by atoms with E-state index in [4.69, 9.17) is 0 Å². The van der Waals surface area contributed by atoms with Crippen LogP contribution in [0.25, 0.3) is 42.4 Å². The van der Waals surface area contributed by atoms with Crippen molar-refractivity contribution >= 4 is 87.4 Å². The number of hydrogen-bond donors (Lipinski definition) is 0. The zero-order chi connectivity index (χ0) is 51.5. The Morgan fingerprint density at radius 1 is 0.500 bits per heavy atom. The number of fused-ring (bicyclic) bond motifs is 14. The van der Waals surface area contributed by atoms with Gasteiger partial charge in [0, 0.05) is 59.1 Å². The molecule has 2 nitrogen and oxygen atoms in total. The summed E-state index contributed by atoms with van der Waals surface area (Å²) in [7, 11) is -0.917. The number of anilines is 6. The molecule has 1 aromatic heterocycles. The van der Waals surface area contributed by atoms with E-state index >= 15 is 0 Å². The molecule has 74 heavy (non-hydrogen) atoms. The molecule has 370 valence electrons. The number of rotatable bonds is 9. The van der Waals surface area contributed by atoms with Gasteiger partial charge < -0.3 is 9.80 Å². The summed E-state index contributed by atoms with van der Waals surface area (Å²) in [6.07, 6.45) is 10.3. The fourth-order valence-electron chi connectivity index (χ4n) is 12.1. The maximum absolute atomic E-state index is 2.62. The minimum absolute atomic E-state index is 0.0195. The van der Waals surface area contributed by atoms with Crippen molar-refractivity contribution in [2.24, 2.45) is 0 Å². The topological polar surface area (TPSA) is 6.48 Å². The van der Waals surface area contributed by atoms with Crippen LogP contribution < -0.4 is 9.80 Å². The Hall–Kier alpha value is -6.50. The number of hydrogen-bond acceptors (Lipinski definition) is 4. The summed E-state index contributed by atoms with van der Waals surface area (Å²) in [5, 5.41) is 2.58. The Bertz CT molecular complexity index is 3700. The maximum Gasteiger partial charge on any atom is 0.0727 e. The molecule has 0 bridgehead atoms. The molecule has 12 rings (SSSR count). The van der Waals surface area contributed by atoms with Crippen molar-refractivity contribution in [1.82, 2.24) is 0 Å². The second-order valence-corrected chi connectivity index (χ2v) is 29.2. The van der Waals surface area contributed by atoms with E-state index in [2.05, 4.69) is 271 Å². The first-order chi connectivity index (χ1) is 35.5. The van der Waals surface area contributed by atoms with Gasteiger partial charge in [-0.15, -0.1) is 23.1 Å². The molecule has 0 fully saturated rings. The highest BCUT2D eigenvalue weighted by Gasteiger charge is 2.53. The molecule has 0 atom stereocenters. The van der Waals surface area contributed by atoms with Crippen LogP contribution in [0.4, 0.5) is 34.1 Å². The lowest BCUT2D eigenvalue weighted by Gasteiger charge is -2.34. The van der Waals surface area contributed by atoms with Gasteiger partial charge >= 0.3 is 0 Å². The zero-order valence-corrected chi connectivity index (χ0v) is 47.2. The lowest BCUT2D eigenvalue weighted by Crippen LogP contribution is -2.26. The van der Waals surface area contributed by atoms with Crippen LogP contribution >= 0.6 is 33.1 Å². The highest BCUT2D eigenvalue weighted by atomic mass is 32.3. The van der Waals surface area contributed by atoms with Gasteiger partial charge in [0.25, 0.3) is 0 Å². The van der Waals surface area contributed by atoms with Crippen molar-refractivity contribution in [3.63, 3.8) is 0 Å². The summed E-state index contributed by atoms with van der Waals surface area (Å²) in [4.78, 5) is 7.80. The van der Waals surface area contributed by atoms with Crippen LogP contribution in [0.15, 0.2) is 198 Å². The largest absolute Gasteiger partial charge is 0.310 e. The van der Waals surface area contributed by atoms with Crippen LogP contribution in [0.2, 0.25) is 0 Å². The minimum atomic E-state index is -0.917. The maximum atomic E-state index is 2.62. The fraction of sp³-hybridized carbons (Fsp3) is 0.217. The molecule has 0 amide bonds. The van der Waals surface area contributed by atoms with Crippen LogP contribution in [0.5, 0.6) is 0 Å². The molecule has 0 unspecified atom stereocenters. The van der Waals surface area contributed by atoms with E-state index < -0.39 is 15.4 Å². The van der Waals surface area contributed by atoms with E-state index in [9.17, 15) is 0 Å². The third-order valence-electron chi connectivity index (χ3n) is 15.8. The van der Waals surface area contributed by atoms with Crippen molar-refractivity contribution in [3.05, 3.63) is 227 Å². The molecule has 10 aromatic rings. The van der Waals surface area contributed by atoms with Crippen LogP contribution in [-0.2, 0) is 22.7 Å². The second-order valence-electron chi connectivity index (χ2n) is 23.1. The minimum Gasteiger partial charge on any atom is -0.310 e. The van der Waals surface area contributed by atoms with Crippen LogP contribution in [0.1, 0.15) is 87.4 Å². The van der Waals surface area contributed by atoms with Gasteiger partial charge in [0.05, 0.1) is 11.1 Å². The first kappa shape index (κ1) is 48.4. The van der Waals surface area contributed by atoms with Crippen molar-refractivity contribution in [1.29, 1.82) is 0 Å². The molecule has 2 aliphatic carbocycles. The summed E-state index contributed by atoms with van der Waals surface area (Å²) in [5.74, 6) is 0. The van der Waals surface area contributed by atoms with Gasteiger partial charge in [0.2, 0.25) is 0 Å². The molecule has 5 heteroatoms. The van der Waals surface area contributed by atoms with Gasteiger partial charge in [-0.2, -0.15) is 0 Å². The molecule has 0 aliphatic heterocycles. The van der Waals surface area contributed by atoms with Crippen molar-refractivity contribution in [2.75, 3.05) is 34.8 Å². The van der Waals surface area contributed by atoms with E-state index in [1.54, 1.807) is 0 Å². The van der Waals surface area contributed by atoms with E-state index in [1.807, 2.05) is 23.1 Å². The first-order valence-electron chi connectivity index (χ1n) is 26.1. The molecular weight excluding hydrogens is 953 g/mol. The Kier molecular flexibility index (Phi) is 11.7. The molecule has 1 heterocycles. The third kappa shape index (κ3) is 7.67. The summed E-state index contributed by atoms with van der Waals surface area (Å²) >= 11 is 3.78. The highest BCUT2D eigenvalue weighted by molar-refractivity contribution is 8.32. The first-order valence-corrected chi connectivity index (χ1v) is 31.0.